The molecule has 0 aromatic carbocycles. The average Bonchev–Trinajstić information content (AvgIpc) is 2.67. The third-order valence-electron chi connectivity index (χ3n) is 3.00. The van der Waals surface area contributed by atoms with Crippen LogP contribution in [0.4, 0.5) is 5.69 Å². The third-order valence-corrected chi connectivity index (χ3v) is 3.37. The number of hydrogen-bond acceptors (Lipinski definition) is 4. The Morgan fingerprint density at radius 3 is 3.25 bits per heavy atom. The first-order valence-corrected chi connectivity index (χ1v) is 5.73. The molecule has 1 aliphatic rings. The van der Waals surface area contributed by atoms with E-state index < -0.39 is 0 Å². The van der Waals surface area contributed by atoms with E-state index in [0.29, 0.717) is 11.7 Å². The summed E-state index contributed by atoms with van der Waals surface area (Å²) in [6.07, 6.45) is 3.95. The van der Waals surface area contributed by atoms with Gasteiger partial charge in [-0.25, -0.2) is 5.10 Å². The summed E-state index contributed by atoms with van der Waals surface area (Å²) in [6.45, 7) is 1.93. The van der Waals surface area contributed by atoms with Crippen molar-refractivity contribution in [2.24, 2.45) is 0 Å². The molecule has 1 saturated heterocycles. The van der Waals surface area contributed by atoms with E-state index in [1.54, 1.807) is 6.20 Å². The van der Waals surface area contributed by atoms with Gasteiger partial charge in [-0.1, -0.05) is 11.6 Å². The lowest BCUT2D eigenvalue weighted by Gasteiger charge is -2.20. The Hall–Kier alpha value is -1.07. The molecule has 2 heterocycles. The Labute approximate surface area is 98.8 Å². The van der Waals surface area contributed by atoms with Gasteiger partial charge in [-0.15, -0.1) is 0 Å². The number of likely N-dealkylation sites (N-methyl/N-ethyl adjacent to an activating group) is 1. The second kappa shape index (κ2) is 4.84. The first-order valence-electron chi connectivity index (χ1n) is 5.36. The van der Waals surface area contributed by atoms with Crippen molar-refractivity contribution in [3.05, 3.63) is 21.6 Å². The van der Waals surface area contributed by atoms with Crippen molar-refractivity contribution in [2.75, 3.05) is 25.5 Å². The van der Waals surface area contributed by atoms with E-state index in [0.717, 1.165) is 13.1 Å². The maximum Gasteiger partial charge on any atom is 0.285 e. The number of nitrogens with zero attached hydrogens (tertiary/aromatic N) is 2. The van der Waals surface area contributed by atoms with Crippen LogP contribution in [-0.2, 0) is 0 Å². The summed E-state index contributed by atoms with van der Waals surface area (Å²) in [5.41, 5.74) is 0.247. The molecular formula is C10H15ClN4O. The smallest absolute Gasteiger partial charge is 0.285 e. The number of likely N-dealkylation sites (tertiary alicyclic amines) is 1. The molecule has 2 N–H and O–H groups in total. The SMILES string of the molecule is CN1CCCC1CNc1cn[nH]c(=O)c1Cl. The lowest BCUT2D eigenvalue weighted by molar-refractivity contribution is 0.322. The Kier molecular flexibility index (Phi) is 3.46. The normalized spacial score (nSPS) is 21.2. The fraction of sp³-hybridized carbons (Fsp3) is 0.600. The van der Waals surface area contributed by atoms with E-state index in [1.165, 1.54) is 12.8 Å². The van der Waals surface area contributed by atoms with Crippen LogP contribution in [0, 0.1) is 0 Å². The minimum absolute atomic E-state index is 0.177. The molecule has 6 heteroatoms. The Morgan fingerprint density at radius 1 is 1.75 bits per heavy atom. The van der Waals surface area contributed by atoms with Crippen molar-refractivity contribution in [3.63, 3.8) is 0 Å². The molecule has 0 radical (unpaired) electrons. The van der Waals surface area contributed by atoms with Crippen LogP contribution in [0.1, 0.15) is 12.8 Å². The minimum Gasteiger partial charge on any atom is -0.381 e. The third kappa shape index (κ3) is 2.36. The number of halogens is 1. The number of hydrogen-bond donors (Lipinski definition) is 2. The van der Waals surface area contributed by atoms with Crippen LogP contribution in [0.25, 0.3) is 0 Å². The fourth-order valence-corrected chi connectivity index (χ4v) is 2.13. The van der Waals surface area contributed by atoms with Crippen LogP contribution < -0.4 is 10.9 Å². The van der Waals surface area contributed by atoms with Gasteiger partial charge < -0.3 is 10.2 Å². The molecule has 2 rings (SSSR count). The summed E-state index contributed by atoms with van der Waals surface area (Å²) < 4.78 is 0. The monoisotopic (exact) mass is 242 g/mol. The predicted molar refractivity (Wildman–Crippen MR) is 64.0 cm³/mol. The molecule has 1 aromatic heterocycles. The molecule has 0 spiro atoms. The van der Waals surface area contributed by atoms with E-state index in [1.807, 2.05) is 0 Å². The van der Waals surface area contributed by atoms with Gasteiger partial charge >= 0.3 is 0 Å². The van der Waals surface area contributed by atoms with Gasteiger partial charge in [-0.3, -0.25) is 4.79 Å². The molecule has 0 saturated carbocycles. The molecule has 1 aliphatic heterocycles. The zero-order chi connectivity index (χ0) is 11.5. The summed E-state index contributed by atoms with van der Waals surface area (Å²) in [6, 6.07) is 0.510. The minimum atomic E-state index is -0.355. The number of anilines is 1. The van der Waals surface area contributed by atoms with E-state index in [9.17, 15) is 4.79 Å². The first-order chi connectivity index (χ1) is 7.68. The van der Waals surface area contributed by atoms with E-state index in [2.05, 4.69) is 27.5 Å². The molecule has 88 valence electrons. The highest BCUT2D eigenvalue weighted by Gasteiger charge is 2.20. The van der Waals surface area contributed by atoms with Gasteiger partial charge in [-0.2, -0.15) is 5.10 Å². The maximum absolute atomic E-state index is 11.2. The standard InChI is InChI=1S/C10H15ClN4O/c1-15-4-2-3-7(15)5-12-8-6-13-14-10(16)9(8)11/h6-7H,2-5H2,1H3,(H2,12,14,16). The Bertz CT molecular complexity index is 420. The zero-order valence-corrected chi connectivity index (χ0v) is 9.92. The quantitative estimate of drug-likeness (QED) is 0.828. The summed E-state index contributed by atoms with van der Waals surface area (Å²) in [5, 5.41) is 9.35. The second-order valence-corrected chi connectivity index (χ2v) is 4.46. The zero-order valence-electron chi connectivity index (χ0n) is 9.16. The van der Waals surface area contributed by atoms with Gasteiger partial charge in [0, 0.05) is 12.6 Å². The van der Waals surface area contributed by atoms with Crippen molar-refractivity contribution in [2.45, 2.75) is 18.9 Å². The number of nitrogens with one attached hydrogen (secondary N) is 2. The van der Waals surface area contributed by atoms with Crippen molar-refractivity contribution in [3.8, 4) is 0 Å². The number of H-pyrrole nitrogens is 1. The average molecular weight is 243 g/mol. The molecule has 1 fully saturated rings. The molecule has 1 aromatic rings. The number of aromatic amines is 1. The van der Waals surface area contributed by atoms with Gasteiger partial charge in [0.05, 0.1) is 11.9 Å². The highest BCUT2D eigenvalue weighted by molar-refractivity contribution is 6.32. The van der Waals surface area contributed by atoms with Crippen LogP contribution in [0.5, 0.6) is 0 Å². The highest BCUT2D eigenvalue weighted by atomic mass is 35.5. The molecule has 0 bridgehead atoms. The maximum atomic E-state index is 11.2. The summed E-state index contributed by atoms with van der Waals surface area (Å²) >= 11 is 5.86. The lowest BCUT2D eigenvalue weighted by atomic mass is 10.2. The molecule has 16 heavy (non-hydrogen) atoms. The number of rotatable bonds is 3. The predicted octanol–water partition coefficient (Wildman–Crippen LogP) is 0.929. The largest absolute Gasteiger partial charge is 0.381 e. The Morgan fingerprint density at radius 2 is 2.56 bits per heavy atom. The van der Waals surface area contributed by atoms with Gasteiger partial charge in [0.2, 0.25) is 0 Å². The summed E-state index contributed by atoms with van der Waals surface area (Å²) in [7, 11) is 2.11. The highest BCUT2D eigenvalue weighted by Crippen LogP contribution is 2.18. The van der Waals surface area contributed by atoms with Crippen LogP contribution in [0.15, 0.2) is 11.0 Å². The van der Waals surface area contributed by atoms with Crippen molar-refractivity contribution in [1.82, 2.24) is 15.1 Å². The first kappa shape index (κ1) is 11.4. The van der Waals surface area contributed by atoms with E-state index in [-0.39, 0.29) is 10.6 Å². The number of aromatic nitrogens is 2. The summed E-state index contributed by atoms with van der Waals surface area (Å²) in [5.74, 6) is 0. The van der Waals surface area contributed by atoms with Crippen molar-refractivity contribution >= 4 is 17.3 Å². The van der Waals surface area contributed by atoms with Crippen LogP contribution in [0.3, 0.4) is 0 Å². The van der Waals surface area contributed by atoms with Crippen LogP contribution in [-0.4, -0.2) is 41.3 Å². The van der Waals surface area contributed by atoms with Gasteiger partial charge in [0.15, 0.2) is 0 Å². The van der Waals surface area contributed by atoms with Crippen molar-refractivity contribution in [1.29, 1.82) is 0 Å². The van der Waals surface area contributed by atoms with Gasteiger partial charge in [0.25, 0.3) is 5.56 Å². The Balaban J connectivity index is 1.99. The molecule has 0 aliphatic carbocycles. The van der Waals surface area contributed by atoms with Crippen molar-refractivity contribution < 1.29 is 0 Å². The fourth-order valence-electron chi connectivity index (χ4n) is 1.97. The molecule has 1 atom stereocenters. The lowest BCUT2D eigenvalue weighted by Crippen LogP contribution is -2.32. The van der Waals surface area contributed by atoms with Crippen LogP contribution >= 0.6 is 11.6 Å². The summed E-state index contributed by atoms with van der Waals surface area (Å²) in [4.78, 5) is 13.5. The molecule has 5 nitrogen and oxygen atoms in total. The molecule has 0 amide bonds. The van der Waals surface area contributed by atoms with Gasteiger partial charge in [0.1, 0.15) is 5.02 Å². The van der Waals surface area contributed by atoms with E-state index in [4.69, 9.17) is 11.6 Å². The van der Waals surface area contributed by atoms with Crippen LogP contribution in [0.2, 0.25) is 5.02 Å². The molecule has 1 unspecified atom stereocenters. The van der Waals surface area contributed by atoms with E-state index >= 15 is 0 Å². The second-order valence-electron chi connectivity index (χ2n) is 4.08. The molecular weight excluding hydrogens is 228 g/mol. The topological polar surface area (TPSA) is 61.0 Å². The van der Waals surface area contributed by atoms with Gasteiger partial charge in [-0.05, 0) is 26.4 Å².